The van der Waals surface area contributed by atoms with E-state index in [1.165, 1.54) is 5.56 Å². The SMILES string of the molecule is CC1CN(C(=O)Cc2csc(-c3ccc(CN4CCN(C)CC4)cc3)n2)CC(C)O1. The number of carbonyl (C=O) groups excluding carboxylic acids is 1. The average molecular weight is 429 g/mol. The molecule has 3 heterocycles. The number of hydrogen-bond acceptors (Lipinski definition) is 6. The van der Waals surface area contributed by atoms with E-state index in [-0.39, 0.29) is 18.1 Å². The Balaban J connectivity index is 1.34. The van der Waals surface area contributed by atoms with Crippen LogP contribution >= 0.6 is 11.3 Å². The van der Waals surface area contributed by atoms with Crippen LogP contribution in [0.1, 0.15) is 25.1 Å². The van der Waals surface area contributed by atoms with Crippen molar-refractivity contribution in [3.63, 3.8) is 0 Å². The molecule has 6 nitrogen and oxygen atoms in total. The van der Waals surface area contributed by atoms with Gasteiger partial charge < -0.3 is 14.5 Å². The number of nitrogens with zero attached hydrogens (tertiary/aromatic N) is 4. The van der Waals surface area contributed by atoms with Gasteiger partial charge in [-0.25, -0.2) is 4.98 Å². The monoisotopic (exact) mass is 428 g/mol. The molecule has 2 fully saturated rings. The zero-order valence-corrected chi connectivity index (χ0v) is 19.0. The maximum atomic E-state index is 12.7. The summed E-state index contributed by atoms with van der Waals surface area (Å²) < 4.78 is 5.73. The maximum Gasteiger partial charge on any atom is 0.228 e. The quantitative estimate of drug-likeness (QED) is 0.733. The molecular weight excluding hydrogens is 396 g/mol. The number of rotatable bonds is 5. The van der Waals surface area contributed by atoms with Gasteiger partial charge in [0.25, 0.3) is 0 Å². The Kier molecular flexibility index (Phi) is 6.83. The molecule has 30 heavy (non-hydrogen) atoms. The van der Waals surface area contributed by atoms with E-state index in [9.17, 15) is 4.79 Å². The second-order valence-corrected chi connectivity index (χ2v) is 9.51. The molecule has 2 aliphatic rings. The minimum Gasteiger partial charge on any atom is -0.372 e. The van der Waals surface area contributed by atoms with Crippen molar-refractivity contribution in [3.05, 3.63) is 40.9 Å². The summed E-state index contributed by atoms with van der Waals surface area (Å²) in [6, 6.07) is 8.72. The van der Waals surface area contributed by atoms with Gasteiger partial charge in [-0.1, -0.05) is 24.3 Å². The van der Waals surface area contributed by atoms with Crippen LogP contribution in [0, 0.1) is 0 Å². The number of carbonyl (C=O) groups is 1. The van der Waals surface area contributed by atoms with Crippen LogP contribution in [-0.4, -0.2) is 84.1 Å². The number of ether oxygens (including phenoxy) is 1. The van der Waals surface area contributed by atoms with Gasteiger partial charge in [-0.15, -0.1) is 11.3 Å². The predicted octanol–water partition coefficient (Wildman–Crippen LogP) is 2.74. The molecule has 0 spiro atoms. The van der Waals surface area contributed by atoms with Crippen LogP contribution in [0.25, 0.3) is 10.6 Å². The zero-order valence-electron chi connectivity index (χ0n) is 18.2. The zero-order chi connectivity index (χ0) is 21.1. The highest BCUT2D eigenvalue weighted by Gasteiger charge is 2.26. The molecule has 162 valence electrons. The highest BCUT2D eigenvalue weighted by atomic mass is 32.1. The molecule has 1 amide bonds. The van der Waals surface area contributed by atoms with Gasteiger partial charge in [0.15, 0.2) is 0 Å². The van der Waals surface area contributed by atoms with E-state index >= 15 is 0 Å². The van der Waals surface area contributed by atoms with Crippen molar-refractivity contribution in [2.75, 3.05) is 46.3 Å². The Labute approximate surface area is 183 Å². The van der Waals surface area contributed by atoms with Crippen molar-refractivity contribution in [2.24, 2.45) is 0 Å². The topological polar surface area (TPSA) is 48.9 Å². The smallest absolute Gasteiger partial charge is 0.228 e. The van der Waals surface area contributed by atoms with Crippen molar-refractivity contribution in [3.8, 4) is 10.6 Å². The van der Waals surface area contributed by atoms with E-state index in [0.717, 1.165) is 49.0 Å². The van der Waals surface area contributed by atoms with E-state index < -0.39 is 0 Å². The summed E-state index contributed by atoms with van der Waals surface area (Å²) in [6.45, 7) is 10.9. The molecule has 0 aliphatic carbocycles. The molecular formula is C23H32N4O2S. The number of amides is 1. The van der Waals surface area contributed by atoms with Crippen LogP contribution in [0.3, 0.4) is 0 Å². The van der Waals surface area contributed by atoms with Crippen LogP contribution in [0.15, 0.2) is 29.6 Å². The lowest BCUT2D eigenvalue weighted by atomic mass is 10.1. The molecule has 2 saturated heterocycles. The maximum absolute atomic E-state index is 12.7. The fourth-order valence-electron chi connectivity index (χ4n) is 4.19. The highest BCUT2D eigenvalue weighted by molar-refractivity contribution is 7.13. The molecule has 2 atom stereocenters. The Bertz CT molecular complexity index is 835. The molecule has 7 heteroatoms. The van der Waals surface area contributed by atoms with Crippen molar-refractivity contribution in [1.29, 1.82) is 0 Å². The first kappa shape index (κ1) is 21.4. The van der Waals surface area contributed by atoms with Crippen molar-refractivity contribution < 1.29 is 9.53 Å². The minimum atomic E-state index is 0.0908. The minimum absolute atomic E-state index is 0.0908. The van der Waals surface area contributed by atoms with Gasteiger partial charge in [-0.05, 0) is 26.5 Å². The Morgan fingerprint density at radius 1 is 1.10 bits per heavy atom. The summed E-state index contributed by atoms with van der Waals surface area (Å²) in [4.78, 5) is 24.2. The largest absolute Gasteiger partial charge is 0.372 e. The number of thiazole rings is 1. The molecule has 0 bridgehead atoms. The van der Waals surface area contributed by atoms with Crippen LogP contribution in [-0.2, 0) is 22.5 Å². The first-order valence-electron chi connectivity index (χ1n) is 10.8. The lowest BCUT2D eigenvalue weighted by molar-refractivity contribution is -0.142. The molecule has 1 aromatic heterocycles. The van der Waals surface area contributed by atoms with Crippen molar-refractivity contribution in [2.45, 2.75) is 39.0 Å². The first-order chi connectivity index (χ1) is 14.5. The molecule has 2 unspecified atom stereocenters. The van der Waals surface area contributed by atoms with Crippen LogP contribution in [0.4, 0.5) is 0 Å². The van der Waals surface area contributed by atoms with Crippen LogP contribution in [0.5, 0.6) is 0 Å². The lowest BCUT2D eigenvalue weighted by Crippen LogP contribution is -2.48. The molecule has 4 rings (SSSR count). The van der Waals surface area contributed by atoms with Gasteiger partial charge in [0, 0.05) is 56.8 Å². The summed E-state index contributed by atoms with van der Waals surface area (Å²) in [5.41, 5.74) is 3.31. The number of piperazine rings is 1. The fraction of sp³-hybridized carbons (Fsp3) is 0.565. The Hall–Kier alpha value is -1.80. The van der Waals surface area contributed by atoms with Gasteiger partial charge >= 0.3 is 0 Å². The molecule has 2 aliphatic heterocycles. The number of likely N-dealkylation sites (N-methyl/N-ethyl adjacent to an activating group) is 1. The molecule has 0 saturated carbocycles. The summed E-state index contributed by atoms with van der Waals surface area (Å²) in [6.07, 6.45) is 0.540. The summed E-state index contributed by atoms with van der Waals surface area (Å²) >= 11 is 1.61. The normalized spacial score (nSPS) is 23.6. The Morgan fingerprint density at radius 2 is 1.77 bits per heavy atom. The second kappa shape index (κ2) is 9.56. The van der Waals surface area contributed by atoms with E-state index in [0.29, 0.717) is 19.5 Å². The molecule has 0 radical (unpaired) electrons. The number of aromatic nitrogens is 1. The third-order valence-electron chi connectivity index (χ3n) is 5.86. The highest BCUT2D eigenvalue weighted by Crippen LogP contribution is 2.25. The Morgan fingerprint density at radius 3 is 2.43 bits per heavy atom. The van der Waals surface area contributed by atoms with Gasteiger partial charge in [0.2, 0.25) is 5.91 Å². The van der Waals surface area contributed by atoms with Gasteiger partial charge in [-0.2, -0.15) is 0 Å². The van der Waals surface area contributed by atoms with Gasteiger partial charge in [0.1, 0.15) is 5.01 Å². The number of morpholine rings is 1. The predicted molar refractivity (Wildman–Crippen MR) is 121 cm³/mol. The summed E-state index contributed by atoms with van der Waals surface area (Å²) in [7, 11) is 2.18. The summed E-state index contributed by atoms with van der Waals surface area (Å²) in [5, 5.41) is 2.99. The van der Waals surface area contributed by atoms with Gasteiger partial charge in [0.05, 0.1) is 24.3 Å². The third kappa shape index (κ3) is 5.46. The van der Waals surface area contributed by atoms with E-state index in [1.54, 1.807) is 11.3 Å². The fourth-order valence-corrected chi connectivity index (χ4v) is 5.01. The standard InChI is InChI=1S/C23H32N4O2S/c1-17-13-27(14-18(2)29-17)22(28)12-21-16-30-23(24-21)20-6-4-19(5-7-20)15-26-10-8-25(3)9-11-26/h4-7,16-18H,8-15H2,1-3H3. The van der Waals surface area contributed by atoms with Crippen molar-refractivity contribution >= 4 is 17.2 Å². The molecule has 2 aromatic rings. The van der Waals surface area contributed by atoms with Crippen LogP contribution < -0.4 is 0 Å². The lowest BCUT2D eigenvalue weighted by Gasteiger charge is -2.35. The average Bonchev–Trinajstić information content (AvgIpc) is 3.18. The molecule has 1 aromatic carbocycles. The number of hydrogen-bond donors (Lipinski definition) is 0. The first-order valence-corrected chi connectivity index (χ1v) is 11.7. The van der Waals surface area contributed by atoms with Crippen LogP contribution in [0.2, 0.25) is 0 Å². The number of benzene rings is 1. The van der Waals surface area contributed by atoms with E-state index in [4.69, 9.17) is 9.72 Å². The second-order valence-electron chi connectivity index (χ2n) is 8.65. The third-order valence-corrected chi connectivity index (χ3v) is 6.80. The van der Waals surface area contributed by atoms with E-state index in [2.05, 4.69) is 41.1 Å². The van der Waals surface area contributed by atoms with Gasteiger partial charge in [-0.3, -0.25) is 9.69 Å². The van der Waals surface area contributed by atoms with Crippen molar-refractivity contribution in [1.82, 2.24) is 19.7 Å². The summed E-state index contributed by atoms with van der Waals surface area (Å²) in [5.74, 6) is 0.136. The molecule has 0 N–H and O–H groups in total. The van der Waals surface area contributed by atoms with E-state index in [1.807, 2.05) is 24.1 Å².